The van der Waals surface area contributed by atoms with Crippen LogP contribution in [0.5, 0.6) is 0 Å². The van der Waals surface area contributed by atoms with Gasteiger partial charge in [-0.2, -0.15) is 5.26 Å². The topological polar surface area (TPSA) is 36.7 Å². The summed E-state index contributed by atoms with van der Waals surface area (Å²) < 4.78 is 37.6. The van der Waals surface area contributed by atoms with Gasteiger partial charge in [0.1, 0.15) is 0 Å². The van der Waals surface area contributed by atoms with Gasteiger partial charge in [0, 0.05) is 0 Å². The number of pyridine rings is 1. The van der Waals surface area contributed by atoms with Gasteiger partial charge in [0.15, 0.2) is 5.82 Å². The fraction of sp³-hybridized carbons (Fsp3) is 0.250. The number of aromatic nitrogens is 1. The van der Waals surface area contributed by atoms with Crippen LogP contribution in [0.4, 0.5) is 13.2 Å². The minimum Gasteiger partial charge on any atom is -0.257 e. The molecule has 0 saturated carbocycles. The van der Waals surface area contributed by atoms with Gasteiger partial charge >= 0.3 is 0 Å². The van der Waals surface area contributed by atoms with Gasteiger partial charge in [-0.05, 0) is 22.6 Å². The molecule has 1 aromatic heterocycles. The quantitative estimate of drug-likeness (QED) is 0.788. The summed E-state index contributed by atoms with van der Waals surface area (Å²) in [7, 11) is 0. The van der Waals surface area contributed by atoms with Crippen LogP contribution in [0, 0.1) is 20.7 Å². The first-order valence-electron chi connectivity index (χ1n) is 3.55. The highest BCUT2D eigenvalue weighted by Gasteiger charge is 2.20. The molecule has 0 saturated heterocycles. The maximum Gasteiger partial charge on any atom is 0.266 e. The van der Waals surface area contributed by atoms with E-state index in [2.05, 4.69) is 4.98 Å². The van der Waals surface area contributed by atoms with Crippen LogP contribution in [0.1, 0.15) is 17.7 Å². The lowest BCUT2D eigenvalue weighted by Crippen LogP contribution is -2.03. The van der Waals surface area contributed by atoms with Gasteiger partial charge in [-0.3, -0.25) is 4.98 Å². The molecule has 0 bridgehead atoms. The molecule has 2 nitrogen and oxygen atoms in total. The van der Waals surface area contributed by atoms with Crippen molar-refractivity contribution in [2.75, 3.05) is 0 Å². The zero-order chi connectivity index (χ0) is 10.7. The SMILES string of the molecule is N#CCc1ncc(F)c(I)c1C(F)F. The van der Waals surface area contributed by atoms with Crippen molar-refractivity contribution >= 4 is 22.6 Å². The maximum atomic E-state index is 12.9. The average Bonchev–Trinajstić information content (AvgIpc) is 2.11. The third kappa shape index (κ3) is 2.15. The number of halogens is 4. The van der Waals surface area contributed by atoms with Gasteiger partial charge in [0.2, 0.25) is 0 Å². The van der Waals surface area contributed by atoms with Gasteiger partial charge in [-0.1, -0.05) is 0 Å². The molecule has 0 spiro atoms. The Morgan fingerprint density at radius 1 is 1.57 bits per heavy atom. The van der Waals surface area contributed by atoms with E-state index in [0.29, 0.717) is 0 Å². The monoisotopic (exact) mass is 312 g/mol. The van der Waals surface area contributed by atoms with Crippen LogP contribution < -0.4 is 0 Å². The molecule has 1 heterocycles. The minimum absolute atomic E-state index is 0.0618. The van der Waals surface area contributed by atoms with Gasteiger partial charge in [-0.15, -0.1) is 0 Å². The highest BCUT2D eigenvalue weighted by Crippen LogP contribution is 2.28. The van der Waals surface area contributed by atoms with Gasteiger partial charge in [0.05, 0.1) is 33.5 Å². The van der Waals surface area contributed by atoms with Crippen molar-refractivity contribution in [3.63, 3.8) is 0 Å². The number of nitrogens with zero attached hydrogens (tertiary/aromatic N) is 2. The Balaban J connectivity index is 3.31. The molecule has 1 rings (SSSR count). The van der Waals surface area contributed by atoms with Crippen molar-refractivity contribution in [3.05, 3.63) is 26.8 Å². The van der Waals surface area contributed by atoms with Crippen molar-refractivity contribution in [2.45, 2.75) is 12.8 Å². The van der Waals surface area contributed by atoms with E-state index in [4.69, 9.17) is 5.26 Å². The van der Waals surface area contributed by atoms with E-state index in [-0.39, 0.29) is 15.7 Å². The first-order chi connectivity index (χ1) is 6.57. The van der Waals surface area contributed by atoms with Crippen molar-refractivity contribution in [2.24, 2.45) is 0 Å². The average molecular weight is 312 g/mol. The fourth-order valence-electron chi connectivity index (χ4n) is 0.954. The van der Waals surface area contributed by atoms with E-state index in [9.17, 15) is 13.2 Å². The van der Waals surface area contributed by atoms with Gasteiger partial charge in [-0.25, -0.2) is 13.2 Å². The van der Waals surface area contributed by atoms with E-state index in [1.165, 1.54) is 22.6 Å². The van der Waals surface area contributed by atoms with E-state index in [1.54, 1.807) is 6.07 Å². The van der Waals surface area contributed by atoms with Crippen LogP contribution in [0.15, 0.2) is 6.20 Å². The second-order valence-corrected chi connectivity index (χ2v) is 3.49. The van der Waals surface area contributed by atoms with Gasteiger partial charge < -0.3 is 0 Å². The maximum absolute atomic E-state index is 12.9. The lowest BCUT2D eigenvalue weighted by molar-refractivity contribution is 0.148. The Bertz CT molecular complexity index is 387. The number of rotatable bonds is 2. The van der Waals surface area contributed by atoms with Crippen LogP contribution in [-0.2, 0) is 6.42 Å². The molecule has 0 aliphatic rings. The predicted molar refractivity (Wildman–Crippen MR) is 51.2 cm³/mol. The summed E-state index contributed by atoms with van der Waals surface area (Å²) in [5.41, 5.74) is -0.541. The number of nitriles is 1. The summed E-state index contributed by atoms with van der Waals surface area (Å²) in [6.45, 7) is 0. The van der Waals surface area contributed by atoms with Crippen LogP contribution in [0.25, 0.3) is 0 Å². The molecule has 1 aromatic rings. The van der Waals surface area contributed by atoms with E-state index in [1.807, 2.05) is 0 Å². The van der Waals surface area contributed by atoms with E-state index in [0.717, 1.165) is 6.20 Å². The first-order valence-corrected chi connectivity index (χ1v) is 4.63. The summed E-state index contributed by atoms with van der Waals surface area (Å²) in [6.07, 6.45) is -2.20. The van der Waals surface area contributed by atoms with E-state index >= 15 is 0 Å². The molecule has 0 unspecified atom stereocenters. The molecule has 0 aliphatic heterocycles. The molecule has 0 N–H and O–H groups in total. The molecule has 74 valence electrons. The third-order valence-corrected chi connectivity index (χ3v) is 2.65. The van der Waals surface area contributed by atoms with Crippen LogP contribution >= 0.6 is 22.6 Å². The zero-order valence-electron chi connectivity index (χ0n) is 6.77. The zero-order valence-corrected chi connectivity index (χ0v) is 8.93. The summed E-state index contributed by atoms with van der Waals surface area (Å²) in [5, 5.41) is 8.36. The van der Waals surface area contributed by atoms with Gasteiger partial charge in [0.25, 0.3) is 6.43 Å². The Morgan fingerprint density at radius 2 is 2.21 bits per heavy atom. The van der Waals surface area contributed by atoms with Crippen molar-refractivity contribution < 1.29 is 13.2 Å². The number of alkyl halides is 2. The molecule has 0 atom stereocenters. The molecular formula is C8H4F3IN2. The van der Waals surface area contributed by atoms with Crippen LogP contribution in [-0.4, -0.2) is 4.98 Å². The summed E-state index contributed by atoms with van der Waals surface area (Å²) in [4.78, 5) is 3.47. The van der Waals surface area contributed by atoms with Crippen molar-refractivity contribution in [1.29, 1.82) is 5.26 Å². The molecule has 14 heavy (non-hydrogen) atoms. The molecule has 0 fully saturated rings. The summed E-state index contributed by atoms with van der Waals surface area (Å²) in [6, 6.07) is 1.70. The molecule has 0 radical (unpaired) electrons. The summed E-state index contributed by atoms with van der Waals surface area (Å²) >= 11 is 1.48. The highest BCUT2D eigenvalue weighted by atomic mass is 127. The molecule has 6 heteroatoms. The standard InChI is InChI=1S/C8H4F3IN2/c9-4-3-14-5(1-2-13)6(7(4)12)8(10)11/h3,8H,1H2. The molecule has 0 aromatic carbocycles. The van der Waals surface area contributed by atoms with E-state index < -0.39 is 17.8 Å². The molecule has 0 aliphatic carbocycles. The van der Waals surface area contributed by atoms with Crippen molar-refractivity contribution in [3.8, 4) is 6.07 Å². The first kappa shape index (κ1) is 11.2. The Morgan fingerprint density at radius 3 is 2.71 bits per heavy atom. The van der Waals surface area contributed by atoms with Crippen LogP contribution in [0.3, 0.4) is 0 Å². The highest BCUT2D eigenvalue weighted by molar-refractivity contribution is 14.1. The normalized spacial score (nSPS) is 10.3. The molecular weight excluding hydrogens is 308 g/mol. The number of hydrogen-bond donors (Lipinski definition) is 0. The summed E-state index contributed by atoms with van der Waals surface area (Å²) in [5.74, 6) is -0.789. The fourth-order valence-corrected chi connectivity index (χ4v) is 1.64. The lowest BCUT2D eigenvalue weighted by Gasteiger charge is -2.07. The van der Waals surface area contributed by atoms with Crippen LogP contribution in [0.2, 0.25) is 0 Å². The Hall–Kier alpha value is -0.840. The number of hydrogen-bond acceptors (Lipinski definition) is 2. The minimum atomic E-state index is -2.81. The Kier molecular flexibility index (Phi) is 3.69. The second kappa shape index (κ2) is 4.59. The smallest absolute Gasteiger partial charge is 0.257 e. The second-order valence-electron chi connectivity index (χ2n) is 2.42. The molecule has 0 amide bonds. The third-order valence-electron chi connectivity index (χ3n) is 1.56. The van der Waals surface area contributed by atoms with Crippen molar-refractivity contribution in [1.82, 2.24) is 4.98 Å². The predicted octanol–water partition coefficient (Wildman–Crippen LogP) is 2.83. The Labute approximate surface area is 91.9 Å². The lowest BCUT2D eigenvalue weighted by atomic mass is 10.1. The largest absolute Gasteiger partial charge is 0.266 e.